The maximum atomic E-state index is 9.69. The van der Waals surface area contributed by atoms with Gasteiger partial charge in [-0.05, 0) is 37.6 Å². The smallest absolute Gasteiger partial charge is 0.0586 e. The standard InChI is InChI=1S/C17H36N2O/c1-5-17(6-2,13-18-15(3)4)14-19-11-9-7-8-10-16(19)12-20/h15-16,18,20H,5-14H2,1-4H3. The molecule has 3 heteroatoms. The molecule has 3 nitrogen and oxygen atoms in total. The van der Waals surface area contributed by atoms with Crippen molar-refractivity contribution < 1.29 is 5.11 Å². The lowest BCUT2D eigenvalue weighted by atomic mass is 9.81. The van der Waals surface area contributed by atoms with Crippen molar-refractivity contribution in [2.45, 2.75) is 78.3 Å². The molecule has 0 aromatic heterocycles. The molecule has 0 aromatic rings. The van der Waals surface area contributed by atoms with Gasteiger partial charge in [0.15, 0.2) is 0 Å². The van der Waals surface area contributed by atoms with Gasteiger partial charge in [0.1, 0.15) is 0 Å². The van der Waals surface area contributed by atoms with Crippen molar-refractivity contribution in [2.24, 2.45) is 5.41 Å². The molecule has 0 aromatic carbocycles. The van der Waals surface area contributed by atoms with E-state index in [0.29, 0.717) is 24.1 Å². The molecular weight excluding hydrogens is 248 g/mol. The zero-order chi connectivity index (χ0) is 15.0. The highest BCUT2D eigenvalue weighted by Gasteiger charge is 2.32. The fourth-order valence-electron chi connectivity index (χ4n) is 3.28. The molecule has 120 valence electrons. The normalized spacial score (nSPS) is 22.2. The van der Waals surface area contributed by atoms with Crippen molar-refractivity contribution in [2.75, 3.05) is 26.2 Å². The number of hydrogen-bond donors (Lipinski definition) is 2. The third-order valence-corrected chi connectivity index (χ3v) is 5.13. The van der Waals surface area contributed by atoms with E-state index < -0.39 is 0 Å². The van der Waals surface area contributed by atoms with E-state index in [0.717, 1.165) is 26.1 Å². The molecule has 0 amide bonds. The monoisotopic (exact) mass is 284 g/mol. The molecule has 20 heavy (non-hydrogen) atoms. The van der Waals surface area contributed by atoms with Crippen LogP contribution in [0.5, 0.6) is 0 Å². The van der Waals surface area contributed by atoms with Crippen LogP contribution >= 0.6 is 0 Å². The van der Waals surface area contributed by atoms with Gasteiger partial charge in [-0.2, -0.15) is 0 Å². The van der Waals surface area contributed by atoms with E-state index in [1.54, 1.807) is 0 Å². The summed E-state index contributed by atoms with van der Waals surface area (Å²) in [6.45, 7) is 12.8. The molecule has 0 aliphatic carbocycles. The van der Waals surface area contributed by atoms with Gasteiger partial charge in [-0.25, -0.2) is 0 Å². The van der Waals surface area contributed by atoms with Gasteiger partial charge in [0, 0.05) is 25.2 Å². The minimum Gasteiger partial charge on any atom is -0.395 e. The van der Waals surface area contributed by atoms with Crippen LogP contribution in [0.4, 0.5) is 0 Å². The Morgan fingerprint density at radius 2 is 1.90 bits per heavy atom. The van der Waals surface area contributed by atoms with Crippen molar-refractivity contribution in [3.8, 4) is 0 Å². The molecule has 1 atom stereocenters. The summed E-state index contributed by atoms with van der Waals surface area (Å²) >= 11 is 0. The van der Waals surface area contributed by atoms with Crippen LogP contribution in [0.15, 0.2) is 0 Å². The highest BCUT2D eigenvalue weighted by atomic mass is 16.3. The third-order valence-electron chi connectivity index (χ3n) is 5.13. The Kier molecular flexibility index (Phi) is 8.08. The van der Waals surface area contributed by atoms with Gasteiger partial charge in [-0.3, -0.25) is 4.90 Å². The molecule has 0 saturated carbocycles. The first-order chi connectivity index (χ1) is 9.56. The highest BCUT2D eigenvalue weighted by Crippen LogP contribution is 2.30. The van der Waals surface area contributed by atoms with Gasteiger partial charge < -0.3 is 10.4 Å². The third kappa shape index (κ3) is 5.34. The van der Waals surface area contributed by atoms with Crippen LogP contribution in [0.1, 0.15) is 66.2 Å². The lowest BCUT2D eigenvalue weighted by molar-refractivity contribution is 0.0671. The Balaban J connectivity index is 2.70. The molecule has 1 aliphatic heterocycles. The molecule has 1 heterocycles. The van der Waals surface area contributed by atoms with Crippen molar-refractivity contribution in [3.05, 3.63) is 0 Å². The zero-order valence-corrected chi connectivity index (χ0v) is 14.1. The molecule has 1 unspecified atom stereocenters. The first kappa shape index (κ1) is 17.9. The van der Waals surface area contributed by atoms with E-state index in [1.165, 1.54) is 32.1 Å². The SMILES string of the molecule is CCC(CC)(CNC(C)C)CN1CCCCCC1CO. The van der Waals surface area contributed by atoms with E-state index in [1.807, 2.05) is 0 Å². The number of rotatable bonds is 8. The minimum absolute atomic E-state index is 0.321. The van der Waals surface area contributed by atoms with Crippen molar-refractivity contribution in [1.82, 2.24) is 10.2 Å². The van der Waals surface area contributed by atoms with Crippen LogP contribution < -0.4 is 5.32 Å². The summed E-state index contributed by atoms with van der Waals surface area (Å²) in [5, 5.41) is 13.3. The number of aliphatic hydroxyl groups is 1. The summed E-state index contributed by atoms with van der Waals surface area (Å²) in [4.78, 5) is 2.57. The maximum absolute atomic E-state index is 9.69. The van der Waals surface area contributed by atoms with Crippen LogP contribution in [0.3, 0.4) is 0 Å². The Morgan fingerprint density at radius 3 is 2.45 bits per heavy atom. The first-order valence-electron chi connectivity index (χ1n) is 8.65. The summed E-state index contributed by atoms with van der Waals surface area (Å²) in [6.07, 6.45) is 7.46. The summed E-state index contributed by atoms with van der Waals surface area (Å²) in [5.41, 5.74) is 0.349. The number of hydrogen-bond acceptors (Lipinski definition) is 3. The molecule has 1 fully saturated rings. The Morgan fingerprint density at radius 1 is 1.20 bits per heavy atom. The van der Waals surface area contributed by atoms with Gasteiger partial charge in [0.2, 0.25) is 0 Å². The predicted molar refractivity (Wildman–Crippen MR) is 87.1 cm³/mol. The van der Waals surface area contributed by atoms with Gasteiger partial charge in [0.25, 0.3) is 0 Å². The van der Waals surface area contributed by atoms with Crippen LogP contribution in [-0.4, -0.2) is 48.3 Å². The maximum Gasteiger partial charge on any atom is 0.0586 e. The van der Waals surface area contributed by atoms with Crippen LogP contribution in [0.25, 0.3) is 0 Å². The number of likely N-dealkylation sites (tertiary alicyclic amines) is 1. The zero-order valence-electron chi connectivity index (χ0n) is 14.1. The Hall–Kier alpha value is -0.120. The lowest BCUT2D eigenvalue weighted by Crippen LogP contribution is -2.49. The van der Waals surface area contributed by atoms with Crippen molar-refractivity contribution in [1.29, 1.82) is 0 Å². The van der Waals surface area contributed by atoms with Crippen LogP contribution in [-0.2, 0) is 0 Å². The van der Waals surface area contributed by atoms with Crippen LogP contribution in [0.2, 0.25) is 0 Å². The second kappa shape index (κ2) is 9.01. The fourth-order valence-corrected chi connectivity index (χ4v) is 3.28. The van der Waals surface area contributed by atoms with E-state index in [9.17, 15) is 5.11 Å². The van der Waals surface area contributed by atoms with Gasteiger partial charge in [-0.15, -0.1) is 0 Å². The molecule has 2 N–H and O–H groups in total. The van der Waals surface area contributed by atoms with Crippen molar-refractivity contribution in [3.63, 3.8) is 0 Å². The summed E-state index contributed by atoms with van der Waals surface area (Å²) in [6, 6.07) is 0.930. The predicted octanol–water partition coefficient (Wildman–Crippen LogP) is 3.03. The summed E-state index contributed by atoms with van der Waals surface area (Å²) < 4.78 is 0. The quantitative estimate of drug-likeness (QED) is 0.719. The first-order valence-corrected chi connectivity index (χ1v) is 8.65. The van der Waals surface area contributed by atoms with Crippen molar-refractivity contribution >= 4 is 0 Å². The largest absolute Gasteiger partial charge is 0.395 e. The highest BCUT2D eigenvalue weighted by molar-refractivity contribution is 4.87. The molecule has 1 saturated heterocycles. The number of aliphatic hydroxyl groups excluding tert-OH is 1. The van der Waals surface area contributed by atoms with E-state index in [4.69, 9.17) is 0 Å². The second-order valence-electron chi connectivity index (χ2n) is 6.90. The van der Waals surface area contributed by atoms with E-state index in [2.05, 4.69) is 37.9 Å². The van der Waals surface area contributed by atoms with E-state index in [-0.39, 0.29) is 0 Å². The molecule has 0 spiro atoms. The van der Waals surface area contributed by atoms with Gasteiger partial charge in [0.05, 0.1) is 6.61 Å². The average molecular weight is 284 g/mol. The Bertz CT molecular complexity index is 251. The second-order valence-corrected chi connectivity index (χ2v) is 6.90. The molecule has 0 radical (unpaired) electrons. The van der Waals surface area contributed by atoms with Crippen LogP contribution in [0, 0.1) is 5.41 Å². The molecule has 1 rings (SSSR count). The Labute approximate surface area is 126 Å². The molecule has 1 aliphatic rings. The molecular formula is C17H36N2O. The number of nitrogens with one attached hydrogen (secondary N) is 1. The van der Waals surface area contributed by atoms with Gasteiger partial charge in [-0.1, -0.05) is 40.5 Å². The minimum atomic E-state index is 0.321. The fraction of sp³-hybridized carbons (Fsp3) is 1.00. The van der Waals surface area contributed by atoms with E-state index >= 15 is 0 Å². The summed E-state index contributed by atoms with van der Waals surface area (Å²) in [5.74, 6) is 0. The van der Waals surface area contributed by atoms with Gasteiger partial charge >= 0.3 is 0 Å². The number of nitrogens with zero attached hydrogens (tertiary/aromatic N) is 1. The molecule has 0 bridgehead atoms. The lowest BCUT2D eigenvalue weighted by Gasteiger charge is -2.40. The average Bonchev–Trinajstić information content (AvgIpc) is 2.68. The topological polar surface area (TPSA) is 35.5 Å². The summed E-state index contributed by atoms with van der Waals surface area (Å²) in [7, 11) is 0.